The van der Waals surface area contributed by atoms with Crippen molar-refractivity contribution >= 4 is 11.8 Å². The van der Waals surface area contributed by atoms with Crippen molar-refractivity contribution in [2.75, 3.05) is 13.7 Å². The molecule has 5 nitrogen and oxygen atoms in total. The number of halogens is 1. The molecule has 4 rings (SSSR count). The maximum Gasteiger partial charge on any atom is 0.430 e. The minimum Gasteiger partial charge on any atom is -0.497 e. The fourth-order valence-electron chi connectivity index (χ4n) is 3.95. The Balaban J connectivity index is 1.79. The molecule has 0 saturated heterocycles. The Hall–Kier alpha value is -2.89. The quantitative estimate of drug-likeness (QED) is 0.811. The number of carbonyl (C=O) groups is 1. The molecule has 0 fully saturated rings. The molecule has 1 aliphatic heterocycles. The summed E-state index contributed by atoms with van der Waals surface area (Å²) in [6.07, 6.45) is 1.26. The summed E-state index contributed by atoms with van der Waals surface area (Å²) in [6.45, 7) is 2.03. The Morgan fingerprint density at radius 2 is 2.04 bits per heavy atom. The zero-order valence-electron chi connectivity index (χ0n) is 15.3. The third kappa shape index (κ3) is 3.05. The smallest absolute Gasteiger partial charge is 0.430 e. The van der Waals surface area contributed by atoms with Crippen LogP contribution in [-0.2, 0) is 11.2 Å². The van der Waals surface area contributed by atoms with Crippen LogP contribution in [0, 0.1) is 11.7 Å². The van der Waals surface area contributed by atoms with E-state index < -0.39 is 6.09 Å². The lowest BCUT2D eigenvalue weighted by atomic mass is 9.77. The van der Waals surface area contributed by atoms with Gasteiger partial charge in [-0.15, -0.1) is 0 Å². The minimum absolute atomic E-state index is 0.0273. The molecule has 0 bridgehead atoms. The van der Waals surface area contributed by atoms with Crippen LogP contribution in [0.15, 0.2) is 47.6 Å². The summed E-state index contributed by atoms with van der Waals surface area (Å²) >= 11 is 0. The number of hydrazone groups is 1. The molecule has 0 aromatic heterocycles. The number of fused-ring (bicyclic) bond motifs is 3. The van der Waals surface area contributed by atoms with Gasteiger partial charge in [-0.05, 0) is 55.2 Å². The van der Waals surface area contributed by atoms with Gasteiger partial charge in [-0.2, -0.15) is 10.1 Å². The van der Waals surface area contributed by atoms with Crippen LogP contribution in [0.25, 0.3) is 0 Å². The summed E-state index contributed by atoms with van der Waals surface area (Å²) in [5.41, 5.74) is 3.90. The molecule has 0 radical (unpaired) electrons. The van der Waals surface area contributed by atoms with Crippen LogP contribution in [0.5, 0.6) is 5.75 Å². The van der Waals surface area contributed by atoms with Crippen LogP contribution in [0.2, 0.25) is 0 Å². The minimum atomic E-state index is -0.488. The second kappa shape index (κ2) is 7.02. The second-order valence-corrected chi connectivity index (χ2v) is 6.69. The van der Waals surface area contributed by atoms with Crippen LogP contribution in [0.4, 0.5) is 9.18 Å². The predicted octanol–water partition coefficient (Wildman–Crippen LogP) is 4.31. The molecule has 1 aliphatic carbocycles. The molecule has 0 unspecified atom stereocenters. The highest BCUT2D eigenvalue weighted by molar-refractivity contribution is 6.06. The highest BCUT2D eigenvalue weighted by atomic mass is 19.1. The summed E-state index contributed by atoms with van der Waals surface area (Å²) in [5, 5.41) is 6.06. The molecular weight excluding hydrogens is 347 g/mol. The van der Waals surface area contributed by atoms with Gasteiger partial charge < -0.3 is 9.47 Å². The van der Waals surface area contributed by atoms with Crippen molar-refractivity contribution in [1.82, 2.24) is 5.01 Å². The van der Waals surface area contributed by atoms with Crippen molar-refractivity contribution in [3.8, 4) is 5.75 Å². The number of methoxy groups -OCH3 is 1. The zero-order chi connectivity index (χ0) is 19.0. The zero-order valence-corrected chi connectivity index (χ0v) is 15.3. The summed E-state index contributed by atoms with van der Waals surface area (Å²) in [4.78, 5) is 12.6. The van der Waals surface area contributed by atoms with E-state index in [-0.39, 0.29) is 24.4 Å². The third-order valence-corrected chi connectivity index (χ3v) is 5.20. The average Bonchev–Trinajstić information content (AvgIpc) is 3.08. The predicted molar refractivity (Wildman–Crippen MR) is 99.3 cm³/mol. The number of nitrogens with zero attached hydrogens (tertiary/aromatic N) is 2. The van der Waals surface area contributed by atoms with Crippen molar-refractivity contribution in [1.29, 1.82) is 0 Å². The second-order valence-electron chi connectivity index (χ2n) is 6.69. The first kappa shape index (κ1) is 17.5. The number of hydrogen-bond acceptors (Lipinski definition) is 4. The first-order valence-electron chi connectivity index (χ1n) is 9.09. The molecule has 2 aromatic rings. The SMILES string of the molecule is CCOC(=O)N1N=C2c3cc(OC)ccc3CC[C@H]2[C@H]1c1ccc(F)cc1. The van der Waals surface area contributed by atoms with E-state index >= 15 is 0 Å². The van der Waals surface area contributed by atoms with Gasteiger partial charge in [0.05, 0.1) is 25.5 Å². The summed E-state index contributed by atoms with van der Waals surface area (Å²) in [6, 6.07) is 11.9. The standard InChI is InChI=1S/C21H21FN2O3/c1-3-27-21(25)24-20(14-4-8-15(22)9-5-14)17-11-7-13-6-10-16(26-2)12-18(13)19(17)23-24/h4-6,8-10,12,17,20H,3,7,11H2,1-2H3/t17-,20-/m1/s1. The van der Waals surface area contributed by atoms with E-state index in [0.29, 0.717) is 0 Å². The molecule has 0 saturated carbocycles. The molecular formula is C21H21FN2O3. The fraction of sp³-hybridized carbons (Fsp3) is 0.333. The lowest BCUT2D eigenvalue weighted by Gasteiger charge is -2.29. The summed E-state index contributed by atoms with van der Waals surface area (Å²) in [7, 11) is 1.63. The van der Waals surface area contributed by atoms with E-state index in [2.05, 4.69) is 5.10 Å². The number of ether oxygens (including phenoxy) is 2. The Morgan fingerprint density at radius 3 is 2.74 bits per heavy atom. The van der Waals surface area contributed by atoms with E-state index in [1.54, 1.807) is 26.2 Å². The van der Waals surface area contributed by atoms with Gasteiger partial charge in [0.25, 0.3) is 0 Å². The first-order chi connectivity index (χ1) is 13.1. The molecule has 1 heterocycles. The maximum absolute atomic E-state index is 13.4. The molecule has 6 heteroatoms. The number of carbonyl (C=O) groups excluding carboxylic acids is 1. The summed E-state index contributed by atoms with van der Waals surface area (Å²) < 4.78 is 24.0. The molecule has 140 valence electrons. The maximum atomic E-state index is 13.4. The molecule has 27 heavy (non-hydrogen) atoms. The van der Waals surface area contributed by atoms with Crippen LogP contribution in [0.3, 0.4) is 0 Å². The Morgan fingerprint density at radius 1 is 1.26 bits per heavy atom. The topological polar surface area (TPSA) is 51.1 Å². The van der Waals surface area contributed by atoms with E-state index in [0.717, 1.165) is 35.4 Å². The van der Waals surface area contributed by atoms with Crippen LogP contribution < -0.4 is 4.74 Å². The number of rotatable bonds is 3. The van der Waals surface area contributed by atoms with E-state index in [1.807, 2.05) is 18.2 Å². The van der Waals surface area contributed by atoms with Gasteiger partial charge in [-0.3, -0.25) is 0 Å². The largest absolute Gasteiger partial charge is 0.497 e. The van der Waals surface area contributed by atoms with Gasteiger partial charge in [0.2, 0.25) is 0 Å². The van der Waals surface area contributed by atoms with Gasteiger partial charge in [-0.25, -0.2) is 9.18 Å². The molecule has 2 aromatic carbocycles. The van der Waals surface area contributed by atoms with Gasteiger partial charge in [0.15, 0.2) is 0 Å². The highest BCUT2D eigenvalue weighted by Crippen LogP contribution is 2.44. The van der Waals surface area contributed by atoms with Gasteiger partial charge in [0, 0.05) is 11.5 Å². The molecule has 0 N–H and O–H groups in total. The van der Waals surface area contributed by atoms with Gasteiger partial charge in [0.1, 0.15) is 11.6 Å². The number of benzene rings is 2. The van der Waals surface area contributed by atoms with Gasteiger partial charge in [-0.1, -0.05) is 18.2 Å². The summed E-state index contributed by atoms with van der Waals surface area (Å²) in [5.74, 6) is 0.476. The molecule has 2 atom stereocenters. The number of hydrogen-bond donors (Lipinski definition) is 0. The van der Waals surface area contributed by atoms with Crippen molar-refractivity contribution in [2.45, 2.75) is 25.8 Å². The normalized spacial score (nSPS) is 20.6. The molecule has 1 amide bonds. The fourth-order valence-corrected chi connectivity index (χ4v) is 3.95. The third-order valence-electron chi connectivity index (χ3n) is 5.20. The lowest BCUT2D eigenvalue weighted by molar-refractivity contribution is 0.0909. The van der Waals surface area contributed by atoms with Gasteiger partial charge >= 0.3 is 6.09 Å². The average molecular weight is 368 g/mol. The molecule has 0 spiro atoms. The monoisotopic (exact) mass is 368 g/mol. The van der Waals surface area contributed by atoms with Crippen molar-refractivity contribution in [3.63, 3.8) is 0 Å². The van der Waals surface area contributed by atoms with Crippen LogP contribution in [0.1, 0.15) is 36.1 Å². The van der Waals surface area contributed by atoms with Crippen molar-refractivity contribution in [3.05, 3.63) is 65.0 Å². The van der Waals surface area contributed by atoms with Crippen molar-refractivity contribution in [2.24, 2.45) is 11.0 Å². The van der Waals surface area contributed by atoms with Crippen LogP contribution >= 0.6 is 0 Å². The Bertz CT molecular complexity index is 895. The van der Waals surface area contributed by atoms with E-state index in [1.165, 1.54) is 22.7 Å². The lowest BCUT2D eigenvalue weighted by Crippen LogP contribution is -2.32. The van der Waals surface area contributed by atoms with Crippen molar-refractivity contribution < 1.29 is 18.7 Å². The van der Waals surface area contributed by atoms with E-state index in [9.17, 15) is 9.18 Å². The van der Waals surface area contributed by atoms with Crippen LogP contribution in [-0.4, -0.2) is 30.5 Å². The molecule has 2 aliphatic rings. The first-order valence-corrected chi connectivity index (χ1v) is 9.09. The Labute approximate surface area is 157 Å². The highest BCUT2D eigenvalue weighted by Gasteiger charge is 2.44. The Kier molecular flexibility index (Phi) is 4.56. The number of aryl methyl sites for hydroxylation is 1. The van der Waals surface area contributed by atoms with E-state index in [4.69, 9.17) is 9.47 Å². The number of amides is 1.